The molecule has 2 N–H and O–H groups in total. The van der Waals surface area contributed by atoms with E-state index in [4.69, 9.17) is 16.7 Å². The average molecular weight is 294 g/mol. The van der Waals surface area contributed by atoms with Crippen molar-refractivity contribution in [1.82, 2.24) is 5.32 Å². The number of carbonyl (C=O) groups is 1. The van der Waals surface area contributed by atoms with Crippen LogP contribution in [-0.2, 0) is 6.42 Å². The molecule has 0 aliphatic heterocycles. The number of halogens is 2. The Hall–Kier alpha value is -2.07. The molecular formula is C15H13ClFNO2. The molecule has 0 aromatic heterocycles. The Labute approximate surface area is 121 Å². The Bertz CT molecular complexity index is 614. The first-order chi connectivity index (χ1) is 9.56. The van der Waals surface area contributed by atoms with E-state index in [0.717, 1.165) is 16.7 Å². The van der Waals surface area contributed by atoms with E-state index in [0.29, 0.717) is 13.0 Å². The lowest BCUT2D eigenvalue weighted by Gasteiger charge is -2.06. The molecule has 0 radical (unpaired) electrons. The number of benzene rings is 2. The summed E-state index contributed by atoms with van der Waals surface area (Å²) >= 11 is 5.75. The minimum absolute atomic E-state index is 0.0947. The predicted octanol–water partition coefficient (Wildman–Crippen LogP) is 3.96. The molecule has 0 heterocycles. The maximum absolute atomic E-state index is 13.1. The Kier molecular flexibility index (Phi) is 4.58. The van der Waals surface area contributed by atoms with E-state index in [1.807, 2.05) is 24.3 Å². The Morgan fingerprint density at radius 1 is 1.15 bits per heavy atom. The SMILES string of the molecule is O=C(O)NCCc1ccc(-c2ccc(F)c(Cl)c2)cc1. The number of hydrogen-bond donors (Lipinski definition) is 2. The number of carboxylic acid groups (broad SMARTS) is 1. The third-order valence-electron chi connectivity index (χ3n) is 2.90. The van der Waals surface area contributed by atoms with E-state index in [1.165, 1.54) is 6.07 Å². The van der Waals surface area contributed by atoms with Crippen LogP contribution in [0.1, 0.15) is 5.56 Å². The third-order valence-corrected chi connectivity index (χ3v) is 3.19. The van der Waals surface area contributed by atoms with Crippen LogP contribution in [0.2, 0.25) is 5.02 Å². The maximum atomic E-state index is 13.1. The fourth-order valence-electron chi connectivity index (χ4n) is 1.85. The van der Waals surface area contributed by atoms with Gasteiger partial charge in [0.15, 0.2) is 0 Å². The fraction of sp³-hybridized carbons (Fsp3) is 0.133. The molecule has 0 saturated carbocycles. The van der Waals surface area contributed by atoms with Crippen LogP contribution in [0, 0.1) is 5.82 Å². The normalized spacial score (nSPS) is 10.3. The third kappa shape index (κ3) is 3.71. The molecule has 104 valence electrons. The Morgan fingerprint density at radius 3 is 2.40 bits per heavy atom. The van der Waals surface area contributed by atoms with Crippen molar-refractivity contribution in [3.05, 3.63) is 58.9 Å². The minimum Gasteiger partial charge on any atom is -0.465 e. The van der Waals surface area contributed by atoms with Crippen LogP contribution in [0.5, 0.6) is 0 Å². The fourth-order valence-corrected chi connectivity index (χ4v) is 2.03. The Morgan fingerprint density at radius 2 is 1.80 bits per heavy atom. The highest BCUT2D eigenvalue weighted by molar-refractivity contribution is 6.31. The van der Waals surface area contributed by atoms with Crippen LogP contribution in [-0.4, -0.2) is 17.7 Å². The van der Waals surface area contributed by atoms with Crippen molar-refractivity contribution in [2.24, 2.45) is 0 Å². The lowest BCUT2D eigenvalue weighted by atomic mass is 10.0. The van der Waals surface area contributed by atoms with Crippen LogP contribution < -0.4 is 5.32 Å². The lowest BCUT2D eigenvalue weighted by Crippen LogP contribution is -2.23. The summed E-state index contributed by atoms with van der Waals surface area (Å²) in [5, 5.41) is 10.9. The molecule has 0 unspecified atom stereocenters. The first-order valence-corrected chi connectivity index (χ1v) is 6.45. The smallest absolute Gasteiger partial charge is 0.404 e. The molecule has 5 heteroatoms. The molecule has 1 amide bonds. The summed E-state index contributed by atoms with van der Waals surface area (Å²) in [5.74, 6) is -0.438. The van der Waals surface area contributed by atoms with Gasteiger partial charge in [-0.25, -0.2) is 9.18 Å². The molecular weight excluding hydrogens is 281 g/mol. The van der Waals surface area contributed by atoms with Gasteiger partial charge in [0, 0.05) is 6.54 Å². The zero-order chi connectivity index (χ0) is 14.5. The van der Waals surface area contributed by atoms with Gasteiger partial charge in [-0.2, -0.15) is 0 Å². The summed E-state index contributed by atoms with van der Waals surface area (Å²) in [6.45, 7) is 0.372. The van der Waals surface area contributed by atoms with Crippen LogP contribution in [0.25, 0.3) is 11.1 Å². The van der Waals surface area contributed by atoms with Crippen molar-refractivity contribution in [2.45, 2.75) is 6.42 Å². The van der Waals surface area contributed by atoms with Gasteiger partial charge in [-0.3, -0.25) is 0 Å². The van der Waals surface area contributed by atoms with Gasteiger partial charge in [0.05, 0.1) is 5.02 Å². The number of rotatable bonds is 4. The highest BCUT2D eigenvalue weighted by Gasteiger charge is 2.03. The molecule has 20 heavy (non-hydrogen) atoms. The van der Waals surface area contributed by atoms with Gasteiger partial charge in [0.1, 0.15) is 5.82 Å². The summed E-state index contributed by atoms with van der Waals surface area (Å²) < 4.78 is 13.1. The molecule has 3 nitrogen and oxygen atoms in total. The average Bonchev–Trinajstić information content (AvgIpc) is 2.42. The summed E-state index contributed by atoms with van der Waals surface area (Å²) in [4.78, 5) is 10.3. The lowest BCUT2D eigenvalue weighted by molar-refractivity contribution is 0.194. The van der Waals surface area contributed by atoms with E-state index >= 15 is 0 Å². The molecule has 2 aromatic rings. The van der Waals surface area contributed by atoms with Gasteiger partial charge in [0.25, 0.3) is 0 Å². The standard InChI is InChI=1S/C15H13ClFNO2/c16-13-9-12(5-6-14(13)17)11-3-1-10(2-4-11)7-8-18-15(19)20/h1-6,9,18H,7-8H2,(H,19,20). The second-order valence-electron chi connectivity index (χ2n) is 4.31. The van der Waals surface area contributed by atoms with E-state index in [-0.39, 0.29) is 5.02 Å². The van der Waals surface area contributed by atoms with Gasteiger partial charge >= 0.3 is 6.09 Å². The van der Waals surface area contributed by atoms with Crippen molar-refractivity contribution < 1.29 is 14.3 Å². The number of nitrogens with one attached hydrogen (secondary N) is 1. The molecule has 0 saturated heterocycles. The summed E-state index contributed by atoms with van der Waals surface area (Å²) in [6.07, 6.45) is -0.404. The highest BCUT2D eigenvalue weighted by Crippen LogP contribution is 2.25. The van der Waals surface area contributed by atoms with Gasteiger partial charge < -0.3 is 10.4 Å². The van der Waals surface area contributed by atoms with Gasteiger partial charge in [0.2, 0.25) is 0 Å². The largest absolute Gasteiger partial charge is 0.465 e. The minimum atomic E-state index is -1.03. The zero-order valence-corrected chi connectivity index (χ0v) is 11.3. The molecule has 0 fully saturated rings. The molecule has 0 aliphatic carbocycles. The number of amides is 1. The van der Waals surface area contributed by atoms with E-state index in [2.05, 4.69) is 5.32 Å². The van der Waals surface area contributed by atoms with Gasteiger partial charge in [-0.1, -0.05) is 41.9 Å². The molecule has 0 aliphatic rings. The molecule has 0 bridgehead atoms. The van der Waals surface area contributed by atoms with Crippen molar-refractivity contribution in [3.63, 3.8) is 0 Å². The Balaban J connectivity index is 2.07. The summed E-state index contributed by atoms with van der Waals surface area (Å²) in [6, 6.07) is 12.2. The first-order valence-electron chi connectivity index (χ1n) is 6.07. The van der Waals surface area contributed by atoms with E-state index in [1.54, 1.807) is 12.1 Å². The molecule has 0 spiro atoms. The summed E-state index contributed by atoms with van der Waals surface area (Å²) in [5.41, 5.74) is 2.80. The van der Waals surface area contributed by atoms with Crippen molar-refractivity contribution in [3.8, 4) is 11.1 Å². The summed E-state index contributed by atoms with van der Waals surface area (Å²) in [7, 11) is 0. The van der Waals surface area contributed by atoms with Crippen LogP contribution in [0.4, 0.5) is 9.18 Å². The number of hydrogen-bond acceptors (Lipinski definition) is 1. The van der Waals surface area contributed by atoms with Crippen LogP contribution >= 0.6 is 11.6 Å². The van der Waals surface area contributed by atoms with Crippen molar-refractivity contribution in [1.29, 1.82) is 0 Å². The van der Waals surface area contributed by atoms with Gasteiger partial charge in [-0.05, 0) is 35.2 Å². The zero-order valence-electron chi connectivity index (χ0n) is 10.6. The maximum Gasteiger partial charge on any atom is 0.404 e. The molecule has 2 aromatic carbocycles. The van der Waals surface area contributed by atoms with Gasteiger partial charge in [-0.15, -0.1) is 0 Å². The van der Waals surface area contributed by atoms with Crippen LogP contribution in [0.15, 0.2) is 42.5 Å². The molecule has 0 atom stereocenters. The van der Waals surface area contributed by atoms with Crippen molar-refractivity contribution >= 4 is 17.7 Å². The monoisotopic (exact) mass is 293 g/mol. The molecule has 2 rings (SSSR count). The quantitative estimate of drug-likeness (QED) is 0.896. The van der Waals surface area contributed by atoms with E-state index in [9.17, 15) is 9.18 Å². The first kappa shape index (κ1) is 14.3. The van der Waals surface area contributed by atoms with E-state index < -0.39 is 11.9 Å². The van der Waals surface area contributed by atoms with Crippen molar-refractivity contribution in [2.75, 3.05) is 6.54 Å². The predicted molar refractivity (Wildman–Crippen MR) is 76.6 cm³/mol. The second-order valence-corrected chi connectivity index (χ2v) is 4.71. The topological polar surface area (TPSA) is 49.3 Å². The highest BCUT2D eigenvalue weighted by atomic mass is 35.5. The second kappa shape index (κ2) is 6.39. The van der Waals surface area contributed by atoms with Crippen LogP contribution in [0.3, 0.4) is 0 Å².